The van der Waals surface area contributed by atoms with Crippen LogP contribution in [-0.2, 0) is 6.42 Å². The van der Waals surface area contributed by atoms with Gasteiger partial charge in [-0.3, -0.25) is 4.79 Å². The number of amides is 1. The highest BCUT2D eigenvalue weighted by Crippen LogP contribution is 2.31. The Morgan fingerprint density at radius 2 is 2.12 bits per heavy atom. The van der Waals surface area contributed by atoms with Crippen LogP contribution < -0.4 is 15.8 Å². The van der Waals surface area contributed by atoms with Gasteiger partial charge < -0.3 is 15.8 Å². The van der Waals surface area contributed by atoms with Gasteiger partial charge in [-0.05, 0) is 36.8 Å². The number of quaternary nitrogens is 1. The molecule has 2 heterocycles. The van der Waals surface area contributed by atoms with Crippen LogP contribution in [0.1, 0.15) is 22.3 Å². The van der Waals surface area contributed by atoms with Gasteiger partial charge >= 0.3 is 0 Å². The van der Waals surface area contributed by atoms with E-state index in [0.29, 0.717) is 18.0 Å². The van der Waals surface area contributed by atoms with E-state index in [1.54, 1.807) is 7.11 Å². The fraction of sp³-hybridized carbons (Fsp3) is 0.294. The van der Waals surface area contributed by atoms with Crippen LogP contribution in [0.5, 0.6) is 5.75 Å². The molecule has 0 unspecified atom stereocenters. The van der Waals surface area contributed by atoms with Gasteiger partial charge in [0.1, 0.15) is 10.6 Å². The van der Waals surface area contributed by atoms with Gasteiger partial charge in [0.05, 0.1) is 36.5 Å². The van der Waals surface area contributed by atoms with Crippen LogP contribution in [0.25, 0.3) is 15.9 Å². The molecule has 0 saturated heterocycles. The number of hydrogen-bond acceptors (Lipinski definition) is 4. The lowest BCUT2D eigenvalue weighted by molar-refractivity contribution is -0.364. The average molecular weight is 345 g/mol. The maximum atomic E-state index is 12.2. The molecule has 0 saturated carbocycles. The Morgan fingerprint density at radius 3 is 2.75 bits per heavy atom. The summed E-state index contributed by atoms with van der Waals surface area (Å²) in [5.74, 6) is 0.750. The largest absolute Gasteiger partial charge is 0.497 e. The molecule has 2 aromatic heterocycles. The van der Waals surface area contributed by atoms with E-state index in [2.05, 4.69) is 18.0 Å². The summed E-state index contributed by atoms with van der Waals surface area (Å²) in [6.45, 7) is 3.33. The Bertz CT molecular complexity index is 851. The van der Waals surface area contributed by atoms with Crippen LogP contribution in [0.15, 0.2) is 30.3 Å². The van der Waals surface area contributed by atoms with Gasteiger partial charge in [0.2, 0.25) is 0 Å². The molecule has 0 bridgehead atoms. The van der Waals surface area contributed by atoms with Crippen molar-refractivity contribution in [2.24, 2.45) is 0 Å². The first-order chi connectivity index (χ1) is 11.7. The van der Waals surface area contributed by atoms with E-state index in [1.807, 2.05) is 35.0 Å². The lowest BCUT2D eigenvalue weighted by atomic mass is 10.2. The predicted octanol–water partition coefficient (Wildman–Crippen LogP) is 1.63. The number of benzene rings is 1. The summed E-state index contributed by atoms with van der Waals surface area (Å²) in [6.07, 6.45) is 0.816. The maximum Gasteiger partial charge on any atom is 0.261 e. The zero-order valence-electron chi connectivity index (χ0n) is 13.8. The molecule has 24 heavy (non-hydrogen) atoms. The van der Waals surface area contributed by atoms with E-state index in [-0.39, 0.29) is 5.91 Å². The van der Waals surface area contributed by atoms with Crippen molar-refractivity contribution in [3.05, 3.63) is 40.9 Å². The Labute approximate surface area is 144 Å². The van der Waals surface area contributed by atoms with Crippen molar-refractivity contribution in [2.45, 2.75) is 13.3 Å². The minimum absolute atomic E-state index is 0.0526. The van der Waals surface area contributed by atoms with E-state index in [1.165, 1.54) is 11.3 Å². The second-order valence-electron chi connectivity index (χ2n) is 5.35. The third kappa shape index (κ3) is 3.00. The van der Waals surface area contributed by atoms with E-state index >= 15 is 0 Å². The minimum atomic E-state index is -0.0526. The van der Waals surface area contributed by atoms with Crippen LogP contribution in [-0.4, -0.2) is 35.9 Å². The van der Waals surface area contributed by atoms with Crippen molar-refractivity contribution < 1.29 is 15.3 Å². The van der Waals surface area contributed by atoms with Gasteiger partial charge in [-0.2, -0.15) is 5.10 Å². The number of thiophene rings is 1. The van der Waals surface area contributed by atoms with Crippen molar-refractivity contribution in [1.29, 1.82) is 0 Å². The molecule has 0 aliphatic carbocycles. The zero-order valence-corrected chi connectivity index (χ0v) is 14.7. The highest BCUT2D eigenvalue weighted by atomic mass is 32.1. The van der Waals surface area contributed by atoms with Gasteiger partial charge in [-0.25, -0.2) is 4.68 Å². The molecular weight excluding hydrogens is 324 g/mol. The fourth-order valence-corrected chi connectivity index (χ4v) is 3.60. The number of carbonyl (C=O) groups excluding carboxylic acids is 1. The quantitative estimate of drug-likeness (QED) is 0.712. The maximum absolute atomic E-state index is 12.2. The van der Waals surface area contributed by atoms with Crippen LogP contribution in [0, 0.1) is 0 Å². The van der Waals surface area contributed by atoms with E-state index in [9.17, 15) is 4.79 Å². The average Bonchev–Trinajstić information content (AvgIpc) is 3.19. The van der Waals surface area contributed by atoms with Crippen molar-refractivity contribution in [3.63, 3.8) is 0 Å². The lowest BCUT2D eigenvalue weighted by Crippen LogP contribution is -2.54. The monoisotopic (exact) mass is 345 g/mol. The molecule has 0 fully saturated rings. The van der Waals surface area contributed by atoms with E-state index in [4.69, 9.17) is 9.84 Å². The third-order valence-electron chi connectivity index (χ3n) is 3.77. The van der Waals surface area contributed by atoms with Crippen LogP contribution in [0.3, 0.4) is 0 Å². The first kappa shape index (κ1) is 16.5. The SMILES string of the molecule is CCc1nn(-c2ccc(OC)cc2)c2sc(C(=O)NCC[NH3+])cc12. The van der Waals surface area contributed by atoms with Gasteiger partial charge in [-0.1, -0.05) is 6.92 Å². The van der Waals surface area contributed by atoms with Crippen molar-refractivity contribution in [3.8, 4) is 11.4 Å². The topological polar surface area (TPSA) is 83.8 Å². The van der Waals surface area contributed by atoms with Gasteiger partial charge in [-0.15, -0.1) is 11.3 Å². The molecule has 126 valence electrons. The fourth-order valence-electron chi connectivity index (χ4n) is 2.53. The molecule has 0 aliphatic heterocycles. The molecule has 0 aliphatic rings. The van der Waals surface area contributed by atoms with Crippen molar-refractivity contribution >= 4 is 27.5 Å². The summed E-state index contributed by atoms with van der Waals surface area (Å²) in [4.78, 5) is 13.9. The number of nitrogens with one attached hydrogen (secondary N) is 1. The first-order valence-electron chi connectivity index (χ1n) is 7.91. The van der Waals surface area contributed by atoms with Crippen molar-refractivity contribution in [1.82, 2.24) is 15.1 Å². The summed E-state index contributed by atoms with van der Waals surface area (Å²) < 4.78 is 7.11. The number of ether oxygens (including phenoxy) is 1. The second-order valence-corrected chi connectivity index (χ2v) is 6.38. The molecule has 7 heteroatoms. The molecule has 1 amide bonds. The van der Waals surface area contributed by atoms with Gasteiger partial charge in [0.25, 0.3) is 5.91 Å². The van der Waals surface area contributed by atoms with Gasteiger partial charge in [0, 0.05) is 5.39 Å². The third-order valence-corrected chi connectivity index (χ3v) is 4.88. The predicted molar refractivity (Wildman–Crippen MR) is 95.0 cm³/mol. The van der Waals surface area contributed by atoms with Crippen LogP contribution in [0.2, 0.25) is 0 Å². The molecule has 0 spiro atoms. The minimum Gasteiger partial charge on any atom is -0.497 e. The molecule has 6 nitrogen and oxygen atoms in total. The number of carbonyl (C=O) groups is 1. The number of rotatable bonds is 6. The number of methoxy groups -OCH3 is 1. The Morgan fingerprint density at radius 1 is 1.38 bits per heavy atom. The molecule has 4 N–H and O–H groups in total. The summed E-state index contributed by atoms with van der Waals surface area (Å²) in [5, 5.41) is 8.61. The van der Waals surface area contributed by atoms with E-state index < -0.39 is 0 Å². The van der Waals surface area contributed by atoms with Crippen LogP contribution >= 0.6 is 11.3 Å². The Balaban J connectivity index is 2.04. The number of aryl methyl sites for hydroxylation is 1. The summed E-state index contributed by atoms with van der Waals surface area (Å²) in [7, 11) is 1.65. The summed E-state index contributed by atoms with van der Waals surface area (Å²) >= 11 is 1.46. The number of hydrogen-bond donors (Lipinski definition) is 2. The molecule has 0 atom stereocenters. The molecule has 0 radical (unpaired) electrons. The number of nitrogens with zero attached hydrogens (tertiary/aromatic N) is 2. The normalized spacial score (nSPS) is 11.0. The highest BCUT2D eigenvalue weighted by molar-refractivity contribution is 7.20. The van der Waals surface area contributed by atoms with E-state index in [0.717, 1.165) is 33.8 Å². The lowest BCUT2D eigenvalue weighted by Gasteiger charge is -2.04. The number of fused-ring (bicyclic) bond motifs is 1. The summed E-state index contributed by atoms with van der Waals surface area (Å²) in [5.41, 5.74) is 5.69. The second kappa shape index (κ2) is 7.02. The Kier molecular flexibility index (Phi) is 4.82. The summed E-state index contributed by atoms with van der Waals surface area (Å²) in [6, 6.07) is 9.68. The highest BCUT2D eigenvalue weighted by Gasteiger charge is 2.18. The standard InChI is InChI=1S/C17H20N4O2S/c1-3-14-13-10-15(16(22)19-9-8-18)24-17(13)21(20-14)11-4-6-12(23-2)7-5-11/h4-7,10H,3,8-9,18H2,1-2H3,(H,19,22)/p+1. The molecule has 3 rings (SSSR count). The molecular formula is C17H21N4O2S+. The van der Waals surface area contributed by atoms with Crippen molar-refractivity contribution in [2.75, 3.05) is 20.2 Å². The van der Waals surface area contributed by atoms with Crippen LogP contribution in [0.4, 0.5) is 0 Å². The Hall–Kier alpha value is -2.38. The number of aromatic nitrogens is 2. The smallest absolute Gasteiger partial charge is 0.261 e. The zero-order chi connectivity index (χ0) is 17.1. The molecule has 3 aromatic rings. The first-order valence-corrected chi connectivity index (χ1v) is 8.72. The molecule has 1 aromatic carbocycles. The van der Waals surface area contributed by atoms with Gasteiger partial charge in [0.15, 0.2) is 0 Å².